The van der Waals surface area contributed by atoms with Gasteiger partial charge in [-0.1, -0.05) is 15.9 Å². The highest BCUT2D eigenvalue weighted by atomic mass is 79.9. The van der Waals surface area contributed by atoms with Gasteiger partial charge in [0.1, 0.15) is 0 Å². The first-order valence-corrected chi connectivity index (χ1v) is 4.12. The summed E-state index contributed by atoms with van der Waals surface area (Å²) in [5, 5.41) is 18.1. The fourth-order valence-electron chi connectivity index (χ4n) is 1.08. The Kier molecular flexibility index (Phi) is 2.50. The fraction of sp³-hybridized carbons (Fsp3) is 1.00. The average Bonchev–Trinajstić information content (AvgIpc) is 1.80. The van der Waals surface area contributed by atoms with Gasteiger partial charge in [-0.25, -0.2) is 0 Å². The molecule has 0 heterocycles. The summed E-state index contributed by atoms with van der Waals surface area (Å²) in [5.41, 5.74) is 0. The van der Waals surface area contributed by atoms with Crippen molar-refractivity contribution < 1.29 is 10.2 Å². The Morgan fingerprint density at radius 3 is 2.22 bits per heavy atom. The van der Waals surface area contributed by atoms with E-state index in [1.54, 1.807) is 0 Å². The molecular formula is C6H11BrO2. The van der Waals surface area contributed by atoms with Crippen LogP contribution in [0.15, 0.2) is 0 Å². The van der Waals surface area contributed by atoms with Gasteiger partial charge in [0.15, 0.2) is 0 Å². The highest BCUT2D eigenvalue weighted by molar-refractivity contribution is 9.09. The van der Waals surface area contributed by atoms with Gasteiger partial charge in [-0.3, -0.25) is 0 Å². The minimum atomic E-state index is -0.511. The Morgan fingerprint density at radius 2 is 1.78 bits per heavy atom. The Labute approximate surface area is 63.0 Å². The molecule has 2 nitrogen and oxygen atoms in total. The van der Waals surface area contributed by atoms with Gasteiger partial charge in [-0.2, -0.15) is 0 Å². The van der Waals surface area contributed by atoms with Gasteiger partial charge in [-0.15, -0.1) is 0 Å². The molecule has 3 atom stereocenters. The van der Waals surface area contributed by atoms with Crippen LogP contribution in [0.2, 0.25) is 0 Å². The van der Waals surface area contributed by atoms with Gasteiger partial charge in [0.2, 0.25) is 0 Å². The number of rotatable bonds is 0. The molecule has 1 fully saturated rings. The lowest BCUT2D eigenvalue weighted by Gasteiger charge is -2.26. The summed E-state index contributed by atoms with van der Waals surface area (Å²) < 4.78 is 0. The Balaban J connectivity index is 2.35. The van der Waals surface area contributed by atoms with Gasteiger partial charge in [0, 0.05) is 4.83 Å². The van der Waals surface area contributed by atoms with E-state index in [1.807, 2.05) is 0 Å². The summed E-state index contributed by atoms with van der Waals surface area (Å²) in [4.78, 5) is 0.399. The van der Waals surface area contributed by atoms with E-state index >= 15 is 0 Å². The van der Waals surface area contributed by atoms with Crippen molar-refractivity contribution in [2.45, 2.75) is 36.3 Å². The predicted molar refractivity (Wildman–Crippen MR) is 38.6 cm³/mol. The summed E-state index contributed by atoms with van der Waals surface area (Å²) in [5.74, 6) is 0. The maximum atomic E-state index is 9.07. The van der Waals surface area contributed by atoms with Crippen molar-refractivity contribution in [1.82, 2.24) is 0 Å². The highest BCUT2D eigenvalue weighted by Gasteiger charge is 2.25. The fourth-order valence-corrected chi connectivity index (χ4v) is 1.73. The topological polar surface area (TPSA) is 40.5 Å². The third kappa shape index (κ3) is 1.92. The first-order chi connectivity index (χ1) is 4.20. The molecule has 3 unspecified atom stereocenters. The molecule has 54 valence electrons. The van der Waals surface area contributed by atoms with Crippen LogP contribution in [0.4, 0.5) is 0 Å². The van der Waals surface area contributed by atoms with E-state index in [4.69, 9.17) is 10.2 Å². The molecule has 0 amide bonds. The minimum absolute atomic E-state index is 0.399. The molecular weight excluding hydrogens is 184 g/mol. The second-order valence-corrected chi connectivity index (χ2v) is 3.84. The SMILES string of the molecule is OC1CCC(Br)CC1O. The van der Waals surface area contributed by atoms with Crippen LogP contribution in [0, 0.1) is 0 Å². The van der Waals surface area contributed by atoms with E-state index in [0.29, 0.717) is 11.2 Å². The predicted octanol–water partition coefficient (Wildman–Crippen LogP) is 0.656. The van der Waals surface area contributed by atoms with Crippen molar-refractivity contribution in [2.75, 3.05) is 0 Å². The number of aliphatic hydroxyl groups is 2. The smallest absolute Gasteiger partial charge is 0.0809 e. The molecule has 0 aromatic heterocycles. The van der Waals surface area contributed by atoms with Crippen molar-refractivity contribution in [3.05, 3.63) is 0 Å². The largest absolute Gasteiger partial charge is 0.390 e. The molecule has 1 saturated carbocycles. The molecule has 9 heavy (non-hydrogen) atoms. The van der Waals surface area contributed by atoms with Crippen LogP contribution in [-0.2, 0) is 0 Å². The first kappa shape index (κ1) is 7.51. The molecule has 0 aliphatic heterocycles. The molecule has 2 N–H and O–H groups in total. The molecule has 0 bridgehead atoms. The van der Waals surface area contributed by atoms with Gasteiger partial charge in [-0.05, 0) is 19.3 Å². The average molecular weight is 195 g/mol. The van der Waals surface area contributed by atoms with Crippen LogP contribution in [-0.4, -0.2) is 27.2 Å². The summed E-state index contributed by atoms with van der Waals surface area (Å²) in [6.07, 6.45) is 1.37. The number of halogens is 1. The molecule has 0 radical (unpaired) electrons. The summed E-state index contributed by atoms with van der Waals surface area (Å²) in [7, 11) is 0. The van der Waals surface area contributed by atoms with Crippen molar-refractivity contribution in [2.24, 2.45) is 0 Å². The molecule has 1 aliphatic rings. The van der Waals surface area contributed by atoms with Gasteiger partial charge < -0.3 is 10.2 Å². The van der Waals surface area contributed by atoms with Crippen LogP contribution in [0.5, 0.6) is 0 Å². The van der Waals surface area contributed by atoms with E-state index in [2.05, 4.69) is 15.9 Å². The van der Waals surface area contributed by atoms with Crippen molar-refractivity contribution >= 4 is 15.9 Å². The van der Waals surface area contributed by atoms with Crippen LogP contribution in [0.1, 0.15) is 19.3 Å². The van der Waals surface area contributed by atoms with E-state index in [0.717, 1.165) is 12.8 Å². The normalized spacial score (nSPS) is 45.0. The van der Waals surface area contributed by atoms with Crippen LogP contribution >= 0.6 is 15.9 Å². The van der Waals surface area contributed by atoms with Crippen molar-refractivity contribution in [1.29, 1.82) is 0 Å². The standard InChI is InChI=1S/C6H11BrO2/c7-4-1-2-5(8)6(9)3-4/h4-6,8-9H,1-3H2. The second kappa shape index (κ2) is 2.99. The Hall–Kier alpha value is 0.400. The van der Waals surface area contributed by atoms with E-state index in [9.17, 15) is 0 Å². The molecule has 1 aliphatic carbocycles. The summed E-state index contributed by atoms with van der Waals surface area (Å²) in [6, 6.07) is 0. The first-order valence-electron chi connectivity index (χ1n) is 3.20. The monoisotopic (exact) mass is 194 g/mol. The maximum Gasteiger partial charge on any atom is 0.0809 e. The minimum Gasteiger partial charge on any atom is -0.390 e. The molecule has 3 heteroatoms. The molecule has 1 rings (SSSR count). The second-order valence-electron chi connectivity index (χ2n) is 2.55. The maximum absolute atomic E-state index is 9.07. The third-order valence-corrected chi connectivity index (χ3v) is 2.55. The Bertz CT molecular complexity index is 97.1. The lowest BCUT2D eigenvalue weighted by atomic mass is 9.95. The van der Waals surface area contributed by atoms with E-state index in [1.165, 1.54) is 0 Å². The molecule has 0 aromatic rings. The third-order valence-electron chi connectivity index (χ3n) is 1.72. The van der Waals surface area contributed by atoms with Crippen molar-refractivity contribution in [3.8, 4) is 0 Å². The number of aliphatic hydroxyl groups excluding tert-OH is 2. The molecule has 0 aromatic carbocycles. The molecule has 0 spiro atoms. The number of hydrogen-bond acceptors (Lipinski definition) is 2. The van der Waals surface area contributed by atoms with Gasteiger partial charge >= 0.3 is 0 Å². The highest BCUT2D eigenvalue weighted by Crippen LogP contribution is 2.24. The van der Waals surface area contributed by atoms with E-state index < -0.39 is 12.2 Å². The Morgan fingerprint density at radius 1 is 1.11 bits per heavy atom. The van der Waals surface area contributed by atoms with E-state index in [-0.39, 0.29) is 0 Å². The molecule has 0 saturated heterocycles. The van der Waals surface area contributed by atoms with Crippen molar-refractivity contribution in [3.63, 3.8) is 0 Å². The zero-order chi connectivity index (χ0) is 6.85. The van der Waals surface area contributed by atoms with Gasteiger partial charge in [0.25, 0.3) is 0 Å². The van der Waals surface area contributed by atoms with Crippen LogP contribution < -0.4 is 0 Å². The summed E-state index contributed by atoms with van der Waals surface area (Å²) >= 11 is 3.38. The number of hydrogen-bond donors (Lipinski definition) is 2. The lowest BCUT2D eigenvalue weighted by Crippen LogP contribution is -2.33. The van der Waals surface area contributed by atoms with Crippen LogP contribution in [0.25, 0.3) is 0 Å². The zero-order valence-corrected chi connectivity index (χ0v) is 6.71. The number of alkyl halides is 1. The summed E-state index contributed by atoms with van der Waals surface area (Å²) in [6.45, 7) is 0. The van der Waals surface area contributed by atoms with Crippen LogP contribution in [0.3, 0.4) is 0 Å². The quantitative estimate of drug-likeness (QED) is 0.557. The zero-order valence-electron chi connectivity index (χ0n) is 5.13. The van der Waals surface area contributed by atoms with Gasteiger partial charge in [0.05, 0.1) is 12.2 Å². The lowest BCUT2D eigenvalue weighted by molar-refractivity contribution is -0.00622.